The maximum absolute atomic E-state index is 3.62. The van der Waals surface area contributed by atoms with Crippen LogP contribution in [0.5, 0.6) is 0 Å². The first-order valence-corrected chi connectivity index (χ1v) is 6.76. The lowest BCUT2D eigenvalue weighted by Gasteiger charge is -2.27. The molecule has 1 N–H and O–H groups in total. The van der Waals surface area contributed by atoms with Gasteiger partial charge in [-0.2, -0.15) is 0 Å². The summed E-state index contributed by atoms with van der Waals surface area (Å²) in [6.07, 6.45) is 2.45. The number of aryl methyl sites for hydroxylation is 2. The molecule has 0 saturated carbocycles. The van der Waals surface area contributed by atoms with Crippen LogP contribution in [0.4, 0.5) is 5.69 Å². The normalized spacial score (nSPS) is 21.4. The van der Waals surface area contributed by atoms with E-state index in [-0.39, 0.29) is 0 Å². The van der Waals surface area contributed by atoms with E-state index in [4.69, 9.17) is 0 Å². The van der Waals surface area contributed by atoms with Gasteiger partial charge in [0.2, 0.25) is 0 Å². The van der Waals surface area contributed by atoms with Gasteiger partial charge in [-0.3, -0.25) is 0 Å². The zero-order valence-electron chi connectivity index (χ0n) is 11.3. The fraction of sp³-hybridized carbons (Fsp3) is 0.600. The fourth-order valence-electron chi connectivity index (χ4n) is 2.55. The van der Waals surface area contributed by atoms with Gasteiger partial charge in [0.15, 0.2) is 0 Å². The largest absolute Gasteiger partial charge is 0.370 e. The predicted octanol–water partition coefficient (Wildman–Crippen LogP) is 2.88. The van der Waals surface area contributed by atoms with Crippen molar-refractivity contribution >= 4 is 5.69 Å². The van der Waals surface area contributed by atoms with Gasteiger partial charge in [-0.25, -0.2) is 0 Å². The van der Waals surface area contributed by atoms with Crippen LogP contribution in [0.2, 0.25) is 0 Å². The Morgan fingerprint density at radius 2 is 2.18 bits per heavy atom. The molecular weight excluding hydrogens is 208 g/mol. The summed E-state index contributed by atoms with van der Waals surface area (Å²) in [7, 11) is 0. The van der Waals surface area contributed by atoms with E-state index in [0.717, 1.165) is 13.1 Å². The van der Waals surface area contributed by atoms with Gasteiger partial charge in [0.25, 0.3) is 0 Å². The summed E-state index contributed by atoms with van der Waals surface area (Å²) in [4.78, 5) is 2.55. The van der Waals surface area contributed by atoms with E-state index in [1.165, 1.54) is 36.2 Å². The molecule has 1 saturated heterocycles. The van der Waals surface area contributed by atoms with Crippen molar-refractivity contribution < 1.29 is 0 Å². The van der Waals surface area contributed by atoms with Crippen molar-refractivity contribution in [1.29, 1.82) is 0 Å². The molecule has 0 radical (unpaired) electrons. The van der Waals surface area contributed by atoms with E-state index in [9.17, 15) is 0 Å². The van der Waals surface area contributed by atoms with Crippen LogP contribution in [-0.2, 0) is 0 Å². The summed E-state index contributed by atoms with van der Waals surface area (Å²) in [6, 6.07) is 7.40. The number of benzene rings is 1. The lowest BCUT2D eigenvalue weighted by Crippen LogP contribution is -2.37. The van der Waals surface area contributed by atoms with Crippen molar-refractivity contribution in [2.75, 3.05) is 24.5 Å². The lowest BCUT2D eigenvalue weighted by atomic mass is 10.1. The summed E-state index contributed by atoms with van der Waals surface area (Å²) in [6.45, 7) is 10.1. The first-order chi connectivity index (χ1) is 8.20. The molecule has 1 aliphatic rings. The van der Waals surface area contributed by atoms with Gasteiger partial charge in [0.1, 0.15) is 0 Å². The van der Waals surface area contributed by atoms with Crippen molar-refractivity contribution in [1.82, 2.24) is 5.32 Å². The monoisotopic (exact) mass is 232 g/mol. The zero-order chi connectivity index (χ0) is 12.3. The van der Waals surface area contributed by atoms with E-state index in [1.54, 1.807) is 0 Å². The van der Waals surface area contributed by atoms with Gasteiger partial charge in [-0.1, -0.05) is 19.1 Å². The van der Waals surface area contributed by atoms with E-state index in [1.807, 2.05) is 0 Å². The van der Waals surface area contributed by atoms with Crippen LogP contribution in [0.3, 0.4) is 0 Å². The van der Waals surface area contributed by atoms with Crippen LogP contribution >= 0.6 is 0 Å². The fourth-order valence-corrected chi connectivity index (χ4v) is 2.55. The highest BCUT2D eigenvalue weighted by Gasteiger charge is 2.17. The van der Waals surface area contributed by atoms with Crippen molar-refractivity contribution in [2.45, 2.75) is 39.7 Å². The van der Waals surface area contributed by atoms with Crippen molar-refractivity contribution in [3.63, 3.8) is 0 Å². The number of hydrogen-bond donors (Lipinski definition) is 1. The number of anilines is 1. The lowest BCUT2D eigenvalue weighted by molar-refractivity contribution is 0.528. The summed E-state index contributed by atoms with van der Waals surface area (Å²) in [5.74, 6) is 0. The molecule has 17 heavy (non-hydrogen) atoms. The molecule has 0 aliphatic carbocycles. The molecule has 2 nitrogen and oxygen atoms in total. The summed E-state index contributed by atoms with van der Waals surface area (Å²) >= 11 is 0. The minimum absolute atomic E-state index is 0.636. The van der Waals surface area contributed by atoms with Crippen LogP contribution in [0.15, 0.2) is 18.2 Å². The molecule has 1 aromatic carbocycles. The Bertz CT molecular complexity index is 373. The van der Waals surface area contributed by atoms with Gasteiger partial charge in [0.05, 0.1) is 0 Å². The predicted molar refractivity (Wildman–Crippen MR) is 74.8 cm³/mol. The zero-order valence-corrected chi connectivity index (χ0v) is 11.3. The summed E-state index contributed by atoms with van der Waals surface area (Å²) < 4.78 is 0. The quantitative estimate of drug-likeness (QED) is 0.843. The Morgan fingerprint density at radius 1 is 1.35 bits per heavy atom. The van der Waals surface area contributed by atoms with Gasteiger partial charge >= 0.3 is 0 Å². The SMILES string of the molecule is CCC1CN(c2cc(C)ccc2C)CCCN1. The van der Waals surface area contributed by atoms with Gasteiger partial charge in [-0.05, 0) is 50.4 Å². The Hall–Kier alpha value is -1.02. The molecule has 2 heteroatoms. The molecule has 1 aromatic rings. The molecule has 2 rings (SSSR count). The Kier molecular flexibility index (Phi) is 4.06. The summed E-state index contributed by atoms with van der Waals surface area (Å²) in [5, 5.41) is 3.62. The first-order valence-electron chi connectivity index (χ1n) is 6.76. The Balaban J connectivity index is 2.21. The van der Waals surface area contributed by atoms with Crippen molar-refractivity contribution in [3.8, 4) is 0 Å². The maximum Gasteiger partial charge on any atom is 0.0399 e. The number of nitrogens with one attached hydrogen (secondary N) is 1. The van der Waals surface area contributed by atoms with E-state index in [2.05, 4.69) is 49.2 Å². The molecule has 1 unspecified atom stereocenters. The van der Waals surface area contributed by atoms with Gasteiger partial charge in [0, 0.05) is 24.8 Å². The molecular formula is C15H24N2. The molecule has 0 amide bonds. The molecule has 1 aliphatic heterocycles. The topological polar surface area (TPSA) is 15.3 Å². The third kappa shape index (κ3) is 3.01. The van der Waals surface area contributed by atoms with Crippen LogP contribution in [0.1, 0.15) is 30.9 Å². The van der Waals surface area contributed by atoms with E-state index in [0.29, 0.717) is 6.04 Å². The second-order valence-corrected chi connectivity index (χ2v) is 5.15. The molecule has 1 atom stereocenters. The van der Waals surface area contributed by atoms with Crippen LogP contribution < -0.4 is 10.2 Å². The molecule has 94 valence electrons. The number of hydrogen-bond acceptors (Lipinski definition) is 2. The van der Waals surface area contributed by atoms with Gasteiger partial charge in [-0.15, -0.1) is 0 Å². The third-order valence-electron chi connectivity index (χ3n) is 3.68. The van der Waals surface area contributed by atoms with Crippen molar-refractivity contribution in [3.05, 3.63) is 29.3 Å². The molecule has 0 bridgehead atoms. The first kappa shape index (κ1) is 12.4. The Labute approximate surface area is 105 Å². The van der Waals surface area contributed by atoms with E-state index >= 15 is 0 Å². The second kappa shape index (κ2) is 5.54. The highest BCUT2D eigenvalue weighted by atomic mass is 15.2. The van der Waals surface area contributed by atoms with E-state index < -0.39 is 0 Å². The second-order valence-electron chi connectivity index (χ2n) is 5.15. The van der Waals surface area contributed by atoms with Crippen molar-refractivity contribution in [2.24, 2.45) is 0 Å². The molecule has 0 aromatic heterocycles. The molecule has 1 heterocycles. The molecule has 1 fully saturated rings. The third-order valence-corrected chi connectivity index (χ3v) is 3.68. The minimum atomic E-state index is 0.636. The standard InChI is InChI=1S/C15H24N2/c1-4-14-11-17(9-5-8-16-14)15-10-12(2)6-7-13(15)3/h6-7,10,14,16H,4-5,8-9,11H2,1-3H3. The average Bonchev–Trinajstić information content (AvgIpc) is 2.57. The van der Waals surface area contributed by atoms with Gasteiger partial charge < -0.3 is 10.2 Å². The Morgan fingerprint density at radius 3 is 2.94 bits per heavy atom. The molecule has 0 spiro atoms. The highest BCUT2D eigenvalue weighted by molar-refractivity contribution is 5.55. The average molecular weight is 232 g/mol. The highest BCUT2D eigenvalue weighted by Crippen LogP contribution is 2.23. The minimum Gasteiger partial charge on any atom is -0.370 e. The maximum atomic E-state index is 3.62. The van der Waals surface area contributed by atoms with Crippen LogP contribution in [-0.4, -0.2) is 25.7 Å². The smallest absolute Gasteiger partial charge is 0.0399 e. The summed E-state index contributed by atoms with van der Waals surface area (Å²) in [5.41, 5.74) is 4.18. The number of nitrogens with zero attached hydrogens (tertiary/aromatic N) is 1. The van der Waals surface area contributed by atoms with Crippen LogP contribution in [0.25, 0.3) is 0 Å². The van der Waals surface area contributed by atoms with Crippen LogP contribution in [0, 0.1) is 13.8 Å². The number of rotatable bonds is 2.